The SMILES string of the molecule is CC(C)OCCCN(Cc1ccncc1)Cc1cccc(F)c1F. The summed E-state index contributed by atoms with van der Waals surface area (Å²) in [5.74, 6) is -1.57. The topological polar surface area (TPSA) is 25.4 Å². The van der Waals surface area contributed by atoms with Gasteiger partial charge in [-0.2, -0.15) is 0 Å². The smallest absolute Gasteiger partial charge is 0.163 e. The molecule has 0 aliphatic heterocycles. The molecule has 0 unspecified atom stereocenters. The molecule has 0 saturated carbocycles. The zero-order valence-electron chi connectivity index (χ0n) is 14.2. The van der Waals surface area contributed by atoms with Gasteiger partial charge in [0.1, 0.15) is 0 Å². The molecule has 1 heterocycles. The van der Waals surface area contributed by atoms with Gasteiger partial charge < -0.3 is 4.74 Å². The van der Waals surface area contributed by atoms with Gasteiger partial charge in [-0.3, -0.25) is 9.88 Å². The fraction of sp³-hybridized carbons (Fsp3) is 0.421. The van der Waals surface area contributed by atoms with E-state index in [0.717, 1.165) is 24.6 Å². The van der Waals surface area contributed by atoms with Gasteiger partial charge in [0.2, 0.25) is 0 Å². The number of rotatable bonds is 9. The summed E-state index contributed by atoms with van der Waals surface area (Å²) >= 11 is 0. The molecule has 5 heteroatoms. The molecule has 0 N–H and O–H groups in total. The fourth-order valence-electron chi connectivity index (χ4n) is 2.48. The van der Waals surface area contributed by atoms with Gasteiger partial charge in [-0.15, -0.1) is 0 Å². The lowest BCUT2D eigenvalue weighted by Gasteiger charge is -2.23. The van der Waals surface area contributed by atoms with Crippen molar-refractivity contribution >= 4 is 0 Å². The van der Waals surface area contributed by atoms with E-state index < -0.39 is 11.6 Å². The number of ether oxygens (including phenoxy) is 1. The summed E-state index contributed by atoms with van der Waals surface area (Å²) in [6, 6.07) is 8.17. The van der Waals surface area contributed by atoms with Crippen LogP contribution < -0.4 is 0 Å². The van der Waals surface area contributed by atoms with Crippen LogP contribution >= 0.6 is 0 Å². The maximum atomic E-state index is 14.0. The van der Waals surface area contributed by atoms with Gasteiger partial charge in [0, 0.05) is 44.2 Å². The van der Waals surface area contributed by atoms with E-state index in [4.69, 9.17) is 4.74 Å². The van der Waals surface area contributed by atoms with E-state index in [0.29, 0.717) is 25.3 Å². The number of pyridine rings is 1. The lowest BCUT2D eigenvalue weighted by atomic mass is 10.1. The Hall–Kier alpha value is -1.85. The molecule has 0 aliphatic rings. The van der Waals surface area contributed by atoms with Gasteiger partial charge in [0.25, 0.3) is 0 Å². The second-order valence-corrected chi connectivity index (χ2v) is 6.05. The maximum Gasteiger partial charge on any atom is 0.163 e. The van der Waals surface area contributed by atoms with Crippen molar-refractivity contribution in [1.82, 2.24) is 9.88 Å². The molecule has 0 bridgehead atoms. The molecule has 0 saturated heterocycles. The zero-order valence-corrected chi connectivity index (χ0v) is 14.2. The Balaban J connectivity index is 2.02. The van der Waals surface area contributed by atoms with Crippen molar-refractivity contribution in [2.24, 2.45) is 0 Å². The van der Waals surface area contributed by atoms with E-state index in [-0.39, 0.29) is 6.10 Å². The molecule has 0 aliphatic carbocycles. The van der Waals surface area contributed by atoms with E-state index in [9.17, 15) is 8.78 Å². The summed E-state index contributed by atoms with van der Waals surface area (Å²) in [6.45, 7) is 6.39. The van der Waals surface area contributed by atoms with E-state index in [2.05, 4.69) is 9.88 Å². The van der Waals surface area contributed by atoms with Crippen LogP contribution in [0.25, 0.3) is 0 Å². The summed E-state index contributed by atoms with van der Waals surface area (Å²) in [5, 5.41) is 0. The predicted molar refractivity (Wildman–Crippen MR) is 90.4 cm³/mol. The minimum Gasteiger partial charge on any atom is -0.379 e. The van der Waals surface area contributed by atoms with E-state index in [1.165, 1.54) is 0 Å². The van der Waals surface area contributed by atoms with Gasteiger partial charge in [-0.25, -0.2) is 8.78 Å². The van der Waals surface area contributed by atoms with Crippen molar-refractivity contribution in [3.8, 4) is 0 Å². The maximum absolute atomic E-state index is 14.0. The van der Waals surface area contributed by atoms with Gasteiger partial charge >= 0.3 is 0 Å². The Kier molecular flexibility index (Phi) is 7.28. The Bertz CT molecular complexity index is 620. The van der Waals surface area contributed by atoms with Gasteiger partial charge in [0.15, 0.2) is 11.6 Å². The third-order valence-corrected chi connectivity index (χ3v) is 3.65. The molecule has 0 amide bonds. The summed E-state index contributed by atoms with van der Waals surface area (Å²) in [4.78, 5) is 6.10. The number of hydrogen-bond donors (Lipinski definition) is 0. The molecule has 0 spiro atoms. The first-order chi connectivity index (χ1) is 11.6. The van der Waals surface area contributed by atoms with Crippen LogP contribution in [-0.4, -0.2) is 29.1 Å². The fourth-order valence-corrected chi connectivity index (χ4v) is 2.48. The number of benzene rings is 1. The van der Waals surface area contributed by atoms with Crippen LogP contribution in [0.2, 0.25) is 0 Å². The van der Waals surface area contributed by atoms with Crippen molar-refractivity contribution in [3.63, 3.8) is 0 Å². The van der Waals surface area contributed by atoms with E-state index >= 15 is 0 Å². The Morgan fingerprint density at radius 3 is 2.54 bits per heavy atom. The van der Waals surface area contributed by atoms with Crippen LogP contribution in [0.3, 0.4) is 0 Å². The molecular weight excluding hydrogens is 310 g/mol. The third-order valence-electron chi connectivity index (χ3n) is 3.65. The highest BCUT2D eigenvalue weighted by Crippen LogP contribution is 2.16. The van der Waals surface area contributed by atoms with E-state index in [1.807, 2.05) is 26.0 Å². The Morgan fingerprint density at radius 2 is 1.83 bits per heavy atom. The van der Waals surface area contributed by atoms with Crippen molar-refractivity contribution in [1.29, 1.82) is 0 Å². The summed E-state index contributed by atoms with van der Waals surface area (Å²) in [6.07, 6.45) is 4.50. The molecule has 24 heavy (non-hydrogen) atoms. The minimum absolute atomic E-state index is 0.194. The van der Waals surface area contributed by atoms with Gasteiger partial charge in [-0.05, 0) is 44.0 Å². The lowest BCUT2D eigenvalue weighted by Crippen LogP contribution is -2.26. The standard InChI is InChI=1S/C19H24F2N2O/c1-15(2)24-12-4-11-23(13-16-7-9-22-10-8-16)14-17-5-3-6-18(20)19(17)21/h3,5-10,15H,4,11-14H2,1-2H3. The molecule has 0 radical (unpaired) electrons. The van der Waals surface area contributed by atoms with Gasteiger partial charge in [0.05, 0.1) is 6.10 Å². The lowest BCUT2D eigenvalue weighted by molar-refractivity contribution is 0.0692. The van der Waals surface area contributed by atoms with Crippen LogP contribution in [0.5, 0.6) is 0 Å². The van der Waals surface area contributed by atoms with Gasteiger partial charge in [-0.1, -0.05) is 12.1 Å². The highest BCUT2D eigenvalue weighted by atomic mass is 19.2. The zero-order chi connectivity index (χ0) is 17.4. The van der Waals surface area contributed by atoms with Crippen LogP contribution in [0.1, 0.15) is 31.4 Å². The molecule has 3 nitrogen and oxygen atoms in total. The third kappa shape index (κ3) is 5.98. The Labute approximate surface area is 142 Å². The van der Waals surface area contributed by atoms with Crippen molar-refractivity contribution in [3.05, 3.63) is 65.5 Å². The monoisotopic (exact) mass is 334 g/mol. The van der Waals surface area contributed by atoms with Crippen LogP contribution in [-0.2, 0) is 17.8 Å². The van der Waals surface area contributed by atoms with E-state index in [1.54, 1.807) is 24.5 Å². The molecule has 0 fully saturated rings. The number of halogens is 2. The Morgan fingerprint density at radius 1 is 1.08 bits per heavy atom. The molecule has 2 aromatic rings. The minimum atomic E-state index is -0.806. The second kappa shape index (κ2) is 9.45. The van der Waals surface area contributed by atoms with Crippen LogP contribution in [0, 0.1) is 11.6 Å². The summed E-state index contributed by atoms with van der Waals surface area (Å²) in [5.41, 5.74) is 1.46. The molecule has 130 valence electrons. The average molecular weight is 334 g/mol. The normalized spacial score (nSPS) is 11.4. The number of hydrogen-bond acceptors (Lipinski definition) is 3. The van der Waals surface area contributed by atoms with Crippen LogP contribution in [0.4, 0.5) is 8.78 Å². The number of aromatic nitrogens is 1. The first-order valence-corrected chi connectivity index (χ1v) is 8.22. The highest BCUT2D eigenvalue weighted by Gasteiger charge is 2.13. The first kappa shape index (κ1) is 18.5. The van der Waals surface area contributed by atoms with Crippen molar-refractivity contribution in [2.75, 3.05) is 13.2 Å². The molecule has 1 aromatic carbocycles. The molecular formula is C19H24F2N2O. The van der Waals surface area contributed by atoms with Crippen LogP contribution in [0.15, 0.2) is 42.7 Å². The highest BCUT2D eigenvalue weighted by molar-refractivity contribution is 5.19. The average Bonchev–Trinajstić information content (AvgIpc) is 2.56. The van der Waals surface area contributed by atoms with Crippen molar-refractivity contribution in [2.45, 2.75) is 39.5 Å². The summed E-state index contributed by atoms with van der Waals surface area (Å²) in [7, 11) is 0. The largest absolute Gasteiger partial charge is 0.379 e. The second-order valence-electron chi connectivity index (χ2n) is 6.05. The molecule has 0 atom stereocenters. The molecule has 2 rings (SSSR count). The summed E-state index contributed by atoms with van der Waals surface area (Å²) < 4.78 is 33.0. The molecule has 1 aromatic heterocycles. The quantitative estimate of drug-likeness (QED) is 0.643. The first-order valence-electron chi connectivity index (χ1n) is 8.22. The number of nitrogens with zero attached hydrogens (tertiary/aromatic N) is 2. The predicted octanol–water partition coefficient (Wildman–Crippen LogP) is 4.18. The van der Waals surface area contributed by atoms with Crippen molar-refractivity contribution < 1.29 is 13.5 Å².